The van der Waals surface area contributed by atoms with Crippen LogP contribution >= 0.6 is 0 Å². The highest BCUT2D eigenvalue weighted by molar-refractivity contribution is 7.89. The summed E-state index contributed by atoms with van der Waals surface area (Å²) in [6, 6.07) is 4.63. The van der Waals surface area contributed by atoms with Crippen molar-refractivity contribution in [2.75, 3.05) is 19.6 Å². The van der Waals surface area contributed by atoms with E-state index in [0.717, 1.165) is 19.3 Å². The van der Waals surface area contributed by atoms with Crippen LogP contribution in [0.15, 0.2) is 23.1 Å². The first-order chi connectivity index (χ1) is 12.6. The minimum absolute atomic E-state index is 0.155. The van der Waals surface area contributed by atoms with Gasteiger partial charge in [0.2, 0.25) is 10.0 Å². The van der Waals surface area contributed by atoms with Crippen LogP contribution in [0.2, 0.25) is 0 Å². The highest BCUT2D eigenvalue weighted by Crippen LogP contribution is 2.24. The first kappa shape index (κ1) is 21.4. The summed E-state index contributed by atoms with van der Waals surface area (Å²) in [4.78, 5) is 23.7. The number of carboxylic acids is 1. The number of amides is 1. The van der Waals surface area contributed by atoms with Crippen molar-refractivity contribution in [3.8, 4) is 0 Å². The third-order valence-electron chi connectivity index (χ3n) is 5.00. The average molecular weight is 397 g/mol. The number of carbonyl (C=O) groups excluding carboxylic acids is 1. The van der Waals surface area contributed by atoms with Gasteiger partial charge in [0.1, 0.15) is 0 Å². The molecule has 1 amide bonds. The quantitative estimate of drug-likeness (QED) is 0.736. The third kappa shape index (κ3) is 5.07. The summed E-state index contributed by atoms with van der Waals surface area (Å²) in [5, 5.41) is 11.8. The number of aliphatic carboxylic acids is 1. The zero-order valence-electron chi connectivity index (χ0n) is 16.1. The zero-order chi connectivity index (χ0) is 20.2. The van der Waals surface area contributed by atoms with Gasteiger partial charge in [-0.15, -0.1) is 0 Å². The molecule has 1 saturated heterocycles. The van der Waals surface area contributed by atoms with E-state index in [2.05, 4.69) is 5.32 Å². The number of nitrogens with one attached hydrogen (secondary N) is 1. The molecule has 0 bridgehead atoms. The fraction of sp³-hybridized carbons (Fsp3) is 0.579. The number of rotatable bonds is 7. The molecule has 150 valence electrons. The second-order valence-corrected chi connectivity index (χ2v) is 9.55. The van der Waals surface area contributed by atoms with E-state index in [0.29, 0.717) is 18.7 Å². The predicted molar refractivity (Wildman–Crippen MR) is 102 cm³/mol. The number of nitrogens with zero attached hydrogens (tertiary/aromatic N) is 1. The molecular formula is C19H28N2O5S. The number of benzene rings is 1. The molecule has 0 aliphatic carbocycles. The Bertz CT molecular complexity index is 811. The second-order valence-electron chi connectivity index (χ2n) is 7.64. The van der Waals surface area contributed by atoms with Crippen LogP contribution in [0.4, 0.5) is 0 Å². The molecule has 1 heterocycles. The molecule has 1 fully saturated rings. The lowest BCUT2D eigenvalue weighted by Crippen LogP contribution is -2.36. The first-order valence-electron chi connectivity index (χ1n) is 9.18. The number of carbonyl (C=O) groups is 2. The Balaban J connectivity index is 2.14. The van der Waals surface area contributed by atoms with Gasteiger partial charge in [0.05, 0.1) is 10.3 Å². The molecule has 7 nitrogen and oxygen atoms in total. The van der Waals surface area contributed by atoms with Crippen molar-refractivity contribution in [3.63, 3.8) is 0 Å². The minimum atomic E-state index is -3.63. The molecule has 2 N–H and O–H groups in total. The van der Waals surface area contributed by atoms with Crippen molar-refractivity contribution in [2.24, 2.45) is 5.41 Å². The number of piperidine rings is 1. The van der Waals surface area contributed by atoms with Gasteiger partial charge in [0, 0.05) is 25.2 Å². The number of sulfonamides is 1. The van der Waals surface area contributed by atoms with Gasteiger partial charge < -0.3 is 10.4 Å². The SMILES string of the molecule is Cc1ccc(C(=O)NCCC(C)(C)C(=O)O)cc1S(=O)(=O)N1CCCCC1. The molecule has 0 aromatic heterocycles. The Morgan fingerprint density at radius 1 is 1.19 bits per heavy atom. The maximum atomic E-state index is 12.9. The molecule has 1 aliphatic heterocycles. The summed E-state index contributed by atoms with van der Waals surface area (Å²) in [5.41, 5.74) is -0.0861. The summed E-state index contributed by atoms with van der Waals surface area (Å²) in [6.07, 6.45) is 2.99. The Hall–Kier alpha value is -1.93. The van der Waals surface area contributed by atoms with Crippen molar-refractivity contribution in [3.05, 3.63) is 29.3 Å². The summed E-state index contributed by atoms with van der Waals surface area (Å²) in [5.74, 6) is -1.34. The van der Waals surface area contributed by atoms with Gasteiger partial charge >= 0.3 is 5.97 Å². The van der Waals surface area contributed by atoms with E-state index in [1.54, 1.807) is 32.9 Å². The fourth-order valence-corrected chi connectivity index (χ4v) is 4.73. The molecule has 0 saturated carbocycles. The molecule has 2 rings (SSSR count). The molecule has 1 aliphatic rings. The van der Waals surface area contributed by atoms with Crippen LogP contribution < -0.4 is 5.32 Å². The number of carboxylic acid groups (broad SMARTS) is 1. The van der Waals surface area contributed by atoms with Crippen LogP contribution in [-0.4, -0.2) is 49.3 Å². The summed E-state index contributed by atoms with van der Waals surface area (Å²) in [7, 11) is -3.63. The van der Waals surface area contributed by atoms with Crippen molar-refractivity contribution in [1.82, 2.24) is 9.62 Å². The summed E-state index contributed by atoms with van der Waals surface area (Å²) < 4.78 is 27.3. The zero-order valence-corrected chi connectivity index (χ0v) is 16.9. The molecule has 0 atom stereocenters. The van der Waals surface area contributed by atoms with Gasteiger partial charge in [-0.2, -0.15) is 4.31 Å². The molecule has 0 unspecified atom stereocenters. The lowest BCUT2D eigenvalue weighted by molar-refractivity contribution is -0.147. The Morgan fingerprint density at radius 3 is 2.41 bits per heavy atom. The third-order valence-corrected chi connectivity index (χ3v) is 7.04. The van der Waals surface area contributed by atoms with Crippen LogP contribution in [0.3, 0.4) is 0 Å². The van der Waals surface area contributed by atoms with Gasteiger partial charge in [0.25, 0.3) is 5.91 Å². The van der Waals surface area contributed by atoms with Crippen molar-refractivity contribution in [1.29, 1.82) is 0 Å². The van der Waals surface area contributed by atoms with E-state index in [1.165, 1.54) is 10.4 Å². The highest BCUT2D eigenvalue weighted by atomic mass is 32.2. The molecule has 0 spiro atoms. The van der Waals surface area contributed by atoms with Crippen LogP contribution in [0.1, 0.15) is 55.5 Å². The molecule has 27 heavy (non-hydrogen) atoms. The largest absolute Gasteiger partial charge is 0.481 e. The smallest absolute Gasteiger partial charge is 0.309 e. The Kier molecular flexibility index (Phi) is 6.64. The first-order valence-corrected chi connectivity index (χ1v) is 10.6. The van der Waals surface area contributed by atoms with E-state index >= 15 is 0 Å². The van der Waals surface area contributed by atoms with E-state index in [9.17, 15) is 18.0 Å². The molecule has 8 heteroatoms. The minimum Gasteiger partial charge on any atom is -0.481 e. The van der Waals surface area contributed by atoms with E-state index in [1.807, 2.05) is 0 Å². The highest BCUT2D eigenvalue weighted by Gasteiger charge is 2.29. The van der Waals surface area contributed by atoms with Crippen LogP contribution in [0.25, 0.3) is 0 Å². The number of hydrogen-bond donors (Lipinski definition) is 2. The number of aryl methyl sites for hydroxylation is 1. The fourth-order valence-electron chi connectivity index (χ4n) is 2.96. The Labute approximate surface area is 160 Å². The van der Waals surface area contributed by atoms with Crippen LogP contribution in [0.5, 0.6) is 0 Å². The lowest BCUT2D eigenvalue weighted by Gasteiger charge is -2.26. The number of hydrogen-bond acceptors (Lipinski definition) is 4. The normalized spacial score (nSPS) is 16.1. The monoisotopic (exact) mass is 396 g/mol. The van der Waals surface area contributed by atoms with E-state index in [-0.39, 0.29) is 23.4 Å². The van der Waals surface area contributed by atoms with E-state index in [4.69, 9.17) is 5.11 Å². The van der Waals surface area contributed by atoms with Gasteiger partial charge in [-0.1, -0.05) is 12.5 Å². The van der Waals surface area contributed by atoms with Crippen molar-refractivity contribution >= 4 is 21.9 Å². The maximum Gasteiger partial charge on any atom is 0.309 e. The topological polar surface area (TPSA) is 104 Å². The van der Waals surface area contributed by atoms with Crippen molar-refractivity contribution in [2.45, 2.75) is 51.3 Å². The summed E-state index contributed by atoms with van der Waals surface area (Å²) >= 11 is 0. The van der Waals surface area contributed by atoms with Gasteiger partial charge in [-0.3, -0.25) is 9.59 Å². The summed E-state index contributed by atoms with van der Waals surface area (Å²) in [6.45, 7) is 6.10. The van der Waals surface area contributed by atoms with E-state index < -0.39 is 27.3 Å². The van der Waals surface area contributed by atoms with Crippen LogP contribution in [-0.2, 0) is 14.8 Å². The lowest BCUT2D eigenvalue weighted by atomic mass is 9.90. The standard InChI is InChI=1S/C19H28N2O5S/c1-14-7-8-15(17(22)20-10-9-19(2,3)18(23)24)13-16(14)27(25,26)21-11-5-4-6-12-21/h7-8,13H,4-6,9-12H2,1-3H3,(H,20,22)(H,23,24). The predicted octanol–water partition coefficient (Wildman–Crippen LogP) is 2.40. The average Bonchev–Trinajstić information content (AvgIpc) is 2.62. The van der Waals surface area contributed by atoms with Crippen molar-refractivity contribution < 1.29 is 23.1 Å². The molecule has 1 aromatic carbocycles. The maximum absolute atomic E-state index is 12.9. The molecule has 1 aromatic rings. The second kappa shape index (κ2) is 8.39. The van der Waals surface area contributed by atoms with Gasteiger partial charge in [-0.05, 0) is 57.7 Å². The van der Waals surface area contributed by atoms with Crippen LogP contribution in [0, 0.1) is 12.3 Å². The molecular weight excluding hydrogens is 368 g/mol. The molecule has 0 radical (unpaired) electrons. The Morgan fingerprint density at radius 2 is 1.81 bits per heavy atom. The van der Waals surface area contributed by atoms with Gasteiger partial charge in [0.15, 0.2) is 0 Å². The van der Waals surface area contributed by atoms with Gasteiger partial charge in [-0.25, -0.2) is 8.42 Å².